The van der Waals surface area contributed by atoms with Gasteiger partial charge in [-0.25, -0.2) is 9.67 Å². The monoisotopic (exact) mass is 290 g/mol. The zero-order valence-corrected chi connectivity index (χ0v) is 13.1. The molecule has 1 aliphatic heterocycles. The minimum Gasteiger partial charge on any atom is -0.297 e. The Labute approximate surface area is 126 Å². The Balaban J connectivity index is 1.77. The van der Waals surface area contributed by atoms with E-state index < -0.39 is 0 Å². The van der Waals surface area contributed by atoms with Crippen molar-refractivity contribution >= 4 is 5.78 Å². The summed E-state index contributed by atoms with van der Waals surface area (Å²) in [5, 5.41) is 4.25. The van der Waals surface area contributed by atoms with Gasteiger partial charge < -0.3 is 0 Å². The third-order valence-electron chi connectivity index (χ3n) is 5.11. The first kappa shape index (κ1) is 14.7. The second kappa shape index (κ2) is 6.26. The molecule has 0 bridgehead atoms. The molecule has 2 aliphatic rings. The van der Waals surface area contributed by atoms with Crippen molar-refractivity contribution < 1.29 is 4.79 Å². The first-order valence-electron chi connectivity index (χ1n) is 8.41. The number of carbonyl (C=O) groups is 1. The number of aromatic nitrogens is 3. The molecular weight excluding hydrogens is 264 g/mol. The fourth-order valence-corrected chi connectivity index (χ4v) is 4.01. The van der Waals surface area contributed by atoms with E-state index in [2.05, 4.69) is 21.9 Å². The van der Waals surface area contributed by atoms with Crippen molar-refractivity contribution in [2.24, 2.45) is 0 Å². The molecule has 21 heavy (non-hydrogen) atoms. The van der Waals surface area contributed by atoms with Crippen LogP contribution in [-0.4, -0.2) is 44.1 Å². The average molecular weight is 290 g/mol. The van der Waals surface area contributed by atoms with Gasteiger partial charge >= 0.3 is 0 Å². The molecule has 1 saturated carbocycles. The first-order valence-corrected chi connectivity index (χ1v) is 8.41. The van der Waals surface area contributed by atoms with Crippen molar-refractivity contribution in [1.29, 1.82) is 0 Å². The number of rotatable bonds is 6. The van der Waals surface area contributed by atoms with Crippen LogP contribution in [0.5, 0.6) is 0 Å². The van der Waals surface area contributed by atoms with Gasteiger partial charge in [-0.1, -0.05) is 19.8 Å². The van der Waals surface area contributed by atoms with E-state index in [4.69, 9.17) is 0 Å². The Kier molecular flexibility index (Phi) is 4.38. The Morgan fingerprint density at radius 2 is 1.95 bits per heavy atom. The molecule has 0 N–H and O–H groups in total. The second-order valence-corrected chi connectivity index (χ2v) is 6.43. The summed E-state index contributed by atoms with van der Waals surface area (Å²) in [5.41, 5.74) is -0.195. The minimum atomic E-state index is -0.195. The fourth-order valence-electron chi connectivity index (χ4n) is 4.01. The van der Waals surface area contributed by atoms with E-state index >= 15 is 0 Å². The van der Waals surface area contributed by atoms with Gasteiger partial charge in [0.15, 0.2) is 5.78 Å². The molecule has 0 unspecified atom stereocenters. The predicted molar refractivity (Wildman–Crippen MR) is 81.0 cm³/mol. The summed E-state index contributed by atoms with van der Waals surface area (Å²) in [6, 6.07) is 0. The summed E-state index contributed by atoms with van der Waals surface area (Å²) >= 11 is 0. The number of Topliss-reactive ketones (excluding diaryl/α,β-unsaturated/α-hetero) is 1. The summed E-state index contributed by atoms with van der Waals surface area (Å²) in [6.45, 7) is 5.15. The Morgan fingerprint density at radius 3 is 2.62 bits per heavy atom. The fraction of sp³-hybridized carbons (Fsp3) is 0.812. The molecular formula is C16H26N4O. The van der Waals surface area contributed by atoms with Crippen LogP contribution in [0.3, 0.4) is 0 Å². The van der Waals surface area contributed by atoms with Crippen molar-refractivity contribution in [3.05, 3.63) is 12.2 Å². The van der Waals surface area contributed by atoms with E-state index in [-0.39, 0.29) is 5.54 Å². The zero-order chi connectivity index (χ0) is 14.7. The van der Waals surface area contributed by atoms with Crippen molar-refractivity contribution in [2.45, 2.75) is 70.4 Å². The molecule has 0 spiro atoms. The lowest BCUT2D eigenvalue weighted by atomic mass is 9.88. The van der Waals surface area contributed by atoms with E-state index in [1.54, 1.807) is 6.33 Å². The summed E-state index contributed by atoms with van der Waals surface area (Å²) < 4.78 is 1.89. The SMILES string of the molecule is CCCn1ncnc1CC(=O)C1(N2CCCC2)CCCC1. The molecule has 0 amide bonds. The van der Waals surface area contributed by atoms with Gasteiger partial charge in [0.2, 0.25) is 0 Å². The Hall–Kier alpha value is -1.23. The van der Waals surface area contributed by atoms with Gasteiger partial charge in [0.1, 0.15) is 12.2 Å². The molecule has 5 nitrogen and oxygen atoms in total. The van der Waals surface area contributed by atoms with Crippen molar-refractivity contribution in [3.8, 4) is 0 Å². The molecule has 1 aromatic rings. The van der Waals surface area contributed by atoms with Crippen molar-refractivity contribution in [2.75, 3.05) is 13.1 Å². The third-order valence-corrected chi connectivity index (χ3v) is 5.11. The molecule has 2 heterocycles. The highest BCUT2D eigenvalue weighted by molar-refractivity contribution is 5.90. The molecule has 3 rings (SSSR count). The number of ketones is 1. The molecule has 116 valence electrons. The van der Waals surface area contributed by atoms with Crippen LogP contribution in [0.4, 0.5) is 0 Å². The van der Waals surface area contributed by atoms with Crippen LogP contribution in [0.15, 0.2) is 6.33 Å². The van der Waals surface area contributed by atoms with E-state index in [0.29, 0.717) is 12.2 Å². The highest BCUT2D eigenvalue weighted by atomic mass is 16.1. The van der Waals surface area contributed by atoms with Crippen LogP contribution in [0.25, 0.3) is 0 Å². The molecule has 0 aromatic carbocycles. The lowest BCUT2D eigenvalue weighted by molar-refractivity contribution is -0.130. The van der Waals surface area contributed by atoms with Gasteiger partial charge in [-0.3, -0.25) is 9.69 Å². The number of hydrogen-bond donors (Lipinski definition) is 0. The molecule has 0 radical (unpaired) electrons. The van der Waals surface area contributed by atoms with Crippen LogP contribution in [0.1, 0.15) is 57.7 Å². The number of aryl methyl sites for hydroxylation is 1. The predicted octanol–water partition coefficient (Wildman–Crippen LogP) is 2.21. The maximum Gasteiger partial charge on any atom is 0.160 e. The summed E-state index contributed by atoms with van der Waals surface area (Å²) in [5.74, 6) is 1.21. The summed E-state index contributed by atoms with van der Waals surface area (Å²) in [4.78, 5) is 19.8. The summed E-state index contributed by atoms with van der Waals surface area (Å²) in [6.07, 6.45) is 9.95. The standard InChI is InChI=1S/C16H26N4O/c1-2-9-20-15(17-13-18-20)12-14(21)16(7-3-4-8-16)19-10-5-6-11-19/h13H,2-12H2,1H3. The smallest absolute Gasteiger partial charge is 0.160 e. The van der Waals surface area contributed by atoms with E-state index in [1.165, 1.54) is 25.7 Å². The molecule has 2 fully saturated rings. The molecule has 1 aromatic heterocycles. The number of nitrogens with zero attached hydrogens (tertiary/aromatic N) is 4. The minimum absolute atomic E-state index is 0.195. The largest absolute Gasteiger partial charge is 0.297 e. The van der Waals surface area contributed by atoms with Gasteiger partial charge in [-0.05, 0) is 45.2 Å². The van der Waals surface area contributed by atoms with Crippen LogP contribution in [0.2, 0.25) is 0 Å². The number of carbonyl (C=O) groups excluding carboxylic acids is 1. The first-order chi connectivity index (χ1) is 10.3. The highest BCUT2D eigenvalue weighted by Crippen LogP contribution is 2.38. The van der Waals surface area contributed by atoms with Gasteiger partial charge in [0, 0.05) is 6.54 Å². The van der Waals surface area contributed by atoms with Gasteiger partial charge in [0.05, 0.1) is 12.0 Å². The van der Waals surface area contributed by atoms with Crippen LogP contribution in [0, 0.1) is 0 Å². The lowest BCUT2D eigenvalue weighted by Crippen LogP contribution is -2.52. The van der Waals surface area contributed by atoms with Crippen LogP contribution < -0.4 is 0 Å². The number of hydrogen-bond acceptors (Lipinski definition) is 4. The summed E-state index contributed by atoms with van der Waals surface area (Å²) in [7, 11) is 0. The van der Waals surface area contributed by atoms with Crippen LogP contribution in [-0.2, 0) is 17.8 Å². The molecule has 1 saturated heterocycles. The molecule has 1 aliphatic carbocycles. The average Bonchev–Trinajstić information content (AvgIpc) is 3.21. The third kappa shape index (κ3) is 2.76. The maximum atomic E-state index is 13.1. The Bertz CT molecular complexity index is 484. The zero-order valence-electron chi connectivity index (χ0n) is 13.1. The lowest BCUT2D eigenvalue weighted by Gasteiger charge is -2.37. The quantitative estimate of drug-likeness (QED) is 0.806. The van der Waals surface area contributed by atoms with Gasteiger partial charge in [-0.15, -0.1) is 0 Å². The Morgan fingerprint density at radius 1 is 1.24 bits per heavy atom. The van der Waals surface area contributed by atoms with E-state index in [0.717, 1.165) is 44.7 Å². The molecule has 0 atom stereocenters. The normalized spacial score (nSPS) is 22.0. The number of likely N-dealkylation sites (tertiary alicyclic amines) is 1. The highest BCUT2D eigenvalue weighted by Gasteiger charge is 2.46. The van der Waals surface area contributed by atoms with Gasteiger partial charge in [0.25, 0.3) is 0 Å². The topological polar surface area (TPSA) is 51.0 Å². The maximum absolute atomic E-state index is 13.1. The molecule has 5 heteroatoms. The van der Waals surface area contributed by atoms with Gasteiger partial charge in [-0.2, -0.15) is 5.10 Å². The second-order valence-electron chi connectivity index (χ2n) is 6.43. The van der Waals surface area contributed by atoms with Crippen LogP contribution >= 0.6 is 0 Å². The van der Waals surface area contributed by atoms with Crippen molar-refractivity contribution in [3.63, 3.8) is 0 Å². The van der Waals surface area contributed by atoms with E-state index in [1.807, 2.05) is 4.68 Å². The van der Waals surface area contributed by atoms with Crippen molar-refractivity contribution in [1.82, 2.24) is 19.7 Å². The van der Waals surface area contributed by atoms with E-state index in [9.17, 15) is 4.79 Å².